The van der Waals surface area contributed by atoms with Crippen LogP contribution < -0.4 is 0 Å². The molecule has 120 valence electrons. The third-order valence-corrected chi connectivity index (χ3v) is 6.22. The van der Waals surface area contributed by atoms with E-state index >= 15 is 0 Å². The minimum atomic E-state index is -1.75. The van der Waals surface area contributed by atoms with Crippen molar-refractivity contribution < 1.29 is 13.6 Å². The quantitative estimate of drug-likeness (QED) is 0.579. The summed E-state index contributed by atoms with van der Waals surface area (Å²) in [5, 5.41) is 0. The Morgan fingerprint density at radius 2 is 1.75 bits per heavy atom. The fraction of sp³-hybridized carbons (Fsp3) is 0.929. The molecule has 0 heterocycles. The summed E-state index contributed by atoms with van der Waals surface area (Å²) in [5.74, 6) is -0.0922. The predicted octanol–water partition coefficient (Wildman–Crippen LogP) is 3.32. The number of likely N-dealkylation sites (N-methyl/N-ethyl adjacent to an activating group) is 1. The molecular weight excluding hydrogens is 286 g/mol. The second kappa shape index (κ2) is 8.97. The molecule has 0 N–H and O–H groups in total. The van der Waals surface area contributed by atoms with Crippen molar-refractivity contribution in [2.24, 2.45) is 0 Å². The van der Waals surface area contributed by atoms with Crippen LogP contribution in [0.5, 0.6) is 0 Å². The molecule has 0 aliphatic carbocycles. The second-order valence-corrected chi connectivity index (χ2v) is 15.8. The standard InChI is InChI=1S/C14H33NO3Si2/c1-8-11-17-20(6,7)12-9-10-15(2)13-14(16)18-19(3,4)5/h8-13H2,1-7H3. The van der Waals surface area contributed by atoms with Gasteiger partial charge in [0.2, 0.25) is 8.32 Å². The molecule has 0 unspecified atom stereocenters. The van der Waals surface area contributed by atoms with Crippen LogP contribution in [0.2, 0.25) is 38.8 Å². The Balaban J connectivity index is 3.88. The molecule has 0 fully saturated rings. The number of hydrogen-bond donors (Lipinski definition) is 0. The number of hydrogen-bond acceptors (Lipinski definition) is 4. The minimum absolute atomic E-state index is 0.0922. The zero-order chi connectivity index (χ0) is 15.8. The third kappa shape index (κ3) is 11.6. The van der Waals surface area contributed by atoms with Gasteiger partial charge in [-0.25, -0.2) is 0 Å². The van der Waals surface area contributed by atoms with E-state index in [0.717, 1.165) is 32.0 Å². The maximum atomic E-state index is 11.7. The van der Waals surface area contributed by atoms with Crippen molar-refractivity contribution in [1.82, 2.24) is 4.90 Å². The fourth-order valence-electron chi connectivity index (χ4n) is 1.90. The molecule has 0 saturated heterocycles. The van der Waals surface area contributed by atoms with Crippen LogP contribution in [0.3, 0.4) is 0 Å². The van der Waals surface area contributed by atoms with Crippen molar-refractivity contribution in [3.05, 3.63) is 0 Å². The summed E-state index contributed by atoms with van der Waals surface area (Å²) in [5.41, 5.74) is 0. The Morgan fingerprint density at radius 1 is 1.15 bits per heavy atom. The summed E-state index contributed by atoms with van der Waals surface area (Å²) in [6, 6.07) is 1.14. The van der Waals surface area contributed by atoms with Gasteiger partial charge in [0.15, 0.2) is 8.32 Å². The monoisotopic (exact) mass is 319 g/mol. The zero-order valence-corrected chi connectivity index (χ0v) is 16.4. The van der Waals surface area contributed by atoms with Gasteiger partial charge in [0.1, 0.15) is 0 Å². The Kier molecular flexibility index (Phi) is 8.89. The summed E-state index contributed by atoms with van der Waals surface area (Å²) in [6.07, 6.45) is 2.17. The molecule has 0 aromatic carbocycles. The first-order chi connectivity index (χ1) is 9.06. The highest BCUT2D eigenvalue weighted by atomic mass is 28.4. The van der Waals surface area contributed by atoms with Gasteiger partial charge in [0.25, 0.3) is 0 Å². The van der Waals surface area contributed by atoms with Crippen LogP contribution in [-0.2, 0) is 13.6 Å². The van der Waals surface area contributed by atoms with Gasteiger partial charge in [0, 0.05) is 6.61 Å². The normalized spacial score (nSPS) is 12.8. The van der Waals surface area contributed by atoms with Gasteiger partial charge in [-0.2, -0.15) is 0 Å². The second-order valence-electron chi connectivity index (χ2n) is 7.04. The average Bonchev–Trinajstić information content (AvgIpc) is 2.23. The van der Waals surface area contributed by atoms with E-state index in [1.165, 1.54) is 0 Å². The lowest BCUT2D eigenvalue weighted by atomic mass is 10.4. The first kappa shape index (κ1) is 19.8. The highest BCUT2D eigenvalue weighted by molar-refractivity contribution is 6.71. The largest absolute Gasteiger partial charge is 0.519 e. The van der Waals surface area contributed by atoms with E-state index in [4.69, 9.17) is 8.85 Å². The highest BCUT2D eigenvalue weighted by Crippen LogP contribution is 2.14. The zero-order valence-electron chi connectivity index (χ0n) is 14.4. The summed E-state index contributed by atoms with van der Waals surface area (Å²) >= 11 is 0. The van der Waals surface area contributed by atoms with E-state index < -0.39 is 16.6 Å². The molecule has 0 aliphatic rings. The lowest BCUT2D eigenvalue weighted by molar-refractivity contribution is -0.136. The van der Waals surface area contributed by atoms with Crippen LogP contribution >= 0.6 is 0 Å². The molecular formula is C14H33NO3Si2. The van der Waals surface area contributed by atoms with Crippen LogP contribution in [0.4, 0.5) is 0 Å². The van der Waals surface area contributed by atoms with Gasteiger partial charge in [0.05, 0.1) is 6.54 Å². The maximum Gasteiger partial charge on any atom is 0.306 e. The summed E-state index contributed by atoms with van der Waals surface area (Å²) in [7, 11) is -1.28. The topological polar surface area (TPSA) is 38.8 Å². The van der Waals surface area contributed by atoms with Crippen molar-refractivity contribution in [2.75, 3.05) is 26.7 Å². The van der Waals surface area contributed by atoms with Crippen LogP contribution in [0, 0.1) is 0 Å². The summed E-state index contributed by atoms with van der Waals surface area (Å²) < 4.78 is 11.4. The van der Waals surface area contributed by atoms with E-state index in [2.05, 4.69) is 20.0 Å². The molecule has 6 heteroatoms. The average molecular weight is 320 g/mol. The lowest BCUT2D eigenvalue weighted by Gasteiger charge is -2.24. The first-order valence-electron chi connectivity index (χ1n) is 7.60. The van der Waals surface area contributed by atoms with E-state index in [0.29, 0.717) is 6.54 Å². The van der Waals surface area contributed by atoms with Crippen LogP contribution in [-0.4, -0.2) is 54.2 Å². The van der Waals surface area contributed by atoms with Crippen molar-refractivity contribution in [1.29, 1.82) is 0 Å². The molecule has 4 nitrogen and oxygen atoms in total. The molecule has 0 bridgehead atoms. The molecule has 0 aliphatic heterocycles. The van der Waals surface area contributed by atoms with Crippen molar-refractivity contribution in [3.8, 4) is 0 Å². The van der Waals surface area contributed by atoms with Crippen molar-refractivity contribution >= 4 is 22.6 Å². The molecule has 0 aromatic heterocycles. The third-order valence-electron chi connectivity index (χ3n) is 2.83. The molecule has 0 rings (SSSR count). The van der Waals surface area contributed by atoms with Crippen LogP contribution in [0.25, 0.3) is 0 Å². The van der Waals surface area contributed by atoms with Gasteiger partial charge >= 0.3 is 5.97 Å². The predicted molar refractivity (Wildman–Crippen MR) is 90.1 cm³/mol. The Morgan fingerprint density at radius 3 is 2.25 bits per heavy atom. The SMILES string of the molecule is CCCO[Si](C)(C)CCCN(C)CC(=O)O[Si](C)(C)C. The Hall–Kier alpha value is -0.176. The lowest BCUT2D eigenvalue weighted by Crippen LogP contribution is -2.36. The van der Waals surface area contributed by atoms with E-state index in [1.807, 2.05) is 31.6 Å². The number of carbonyl (C=O) groups is 1. The highest BCUT2D eigenvalue weighted by Gasteiger charge is 2.23. The fourth-order valence-corrected chi connectivity index (χ4v) is 4.56. The van der Waals surface area contributed by atoms with E-state index in [1.54, 1.807) is 0 Å². The molecule has 0 saturated carbocycles. The van der Waals surface area contributed by atoms with E-state index in [-0.39, 0.29) is 5.97 Å². The van der Waals surface area contributed by atoms with E-state index in [9.17, 15) is 4.79 Å². The molecule has 20 heavy (non-hydrogen) atoms. The molecule has 0 atom stereocenters. The number of nitrogens with zero attached hydrogens (tertiary/aromatic N) is 1. The Labute approximate surface area is 127 Å². The van der Waals surface area contributed by atoms with Crippen molar-refractivity contribution in [3.63, 3.8) is 0 Å². The van der Waals surface area contributed by atoms with Crippen molar-refractivity contribution in [2.45, 2.75) is 58.5 Å². The summed E-state index contributed by atoms with van der Waals surface area (Å²) in [6.45, 7) is 15.0. The van der Waals surface area contributed by atoms with Gasteiger partial charge < -0.3 is 8.85 Å². The smallest absolute Gasteiger partial charge is 0.306 e. The maximum absolute atomic E-state index is 11.7. The summed E-state index contributed by atoms with van der Waals surface area (Å²) in [4.78, 5) is 13.8. The van der Waals surface area contributed by atoms with Crippen LogP contribution in [0.15, 0.2) is 0 Å². The molecule has 0 spiro atoms. The Bertz CT molecular complexity index is 291. The van der Waals surface area contributed by atoms with Gasteiger partial charge in [-0.15, -0.1) is 0 Å². The van der Waals surface area contributed by atoms with Gasteiger partial charge in [-0.3, -0.25) is 9.69 Å². The minimum Gasteiger partial charge on any atom is -0.519 e. The molecule has 0 radical (unpaired) electrons. The number of carbonyl (C=O) groups excluding carboxylic acids is 1. The molecule has 0 amide bonds. The van der Waals surface area contributed by atoms with Crippen LogP contribution in [0.1, 0.15) is 19.8 Å². The first-order valence-corrected chi connectivity index (χ1v) is 14.1. The van der Waals surface area contributed by atoms with Gasteiger partial charge in [-0.05, 0) is 65.2 Å². The number of rotatable bonds is 10. The molecule has 0 aromatic rings. The van der Waals surface area contributed by atoms with Gasteiger partial charge in [-0.1, -0.05) is 6.92 Å².